The fourth-order valence-corrected chi connectivity index (χ4v) is 1.24. The summed E-state index contributed by atoms with van der Waals surface area (Å²) in [5.74, 6) is 0.772. The van der Waals surface area contributed by atoms with Gasteiger partial charge < -0.3 is 11.1 Å². The Bertz CT molecular complexity index is 427. The summed E-state index contributed by atoms with van der Waals surface area (Å²) in [7, 11) is 0. The number of hydrogen-bond donors (Lipinski definition) is 2. The molecule has 1 aromatic carbocycles. The number of nitrogens with zero attached hydrogens (tertiary/aromatic N) is 2. The molecule has 1 aromatic heterocycles. The predicted octanol–water partition coefficient (Wildman–Crippen LogP) is 1.00. The van der Waals surface area contributed by atoms with Crippen LogP contribution in [-0.2, 0) is 0 Å². The van der Waals surface area contributed by atoms with Crippen molar-refractivity contribution in [1.29, 1.82) is 0 Å². The second-order valence-corrected chi connectivity index (χ2v) is 2.96. The smallest absolute Gasteiger partial charge is 0.145 e. The lowest BCUT2D eigenvalue weighted by Crippen LogP contribution is -2.13. The number of nitrogens with one attached hydrogen (secondary N) is 1. The number of nitrogens with two attached hydrogens (primary N) is 1. The highest BCUT2D eigenvalue weighted by molar-refractivity contribution is 5.75. The van der Waals surface area contributed by atoms with Gasteiger partial charge in [-0.3, -0.25) is 4.98 Å². The van der Waals surface area contributed by atoms with Crippen molar-refractivity contribution in [2.75, 3.05) is 18.4 Å². The van der Waals surface area contributed by atoms with Crippen molar-refractivity contribution < 1.29 is 0 Å². The lowest BCUT2D eigenvalue weighted by molar-refractivity contribution is 1.01. The molecule has 0 aliphatic carbocycles. The molecule has 1 heterocycles. The van der Waals surface area contributed by atoms with Crippen LogP contribution in [0, 0.1) is 0 Å². The van der Waals surface area contributed by atoms with E-state index >= 15 is 0 Å². The van der Waals surface area contributed by atoms with Crippen LogP contribution in [0.5, 0.6) is 0 Å². The average Bonchev–Trinajstić information content (AvgIpc) is 2.26. The number of hydrogen-bond acceptors (Lipinski definition) is 4. The van der Waals surface area contributed by atoms with Crippen molar-refractivity contribution in [1.82, 2.24) is 9.97 Å². The minimum absolute atomic E-state index is 0.592. The van der Waals surface area contributed by atoms with E-state index in [0.29, 0.717) is 13.1 Å². The van der Waals surface area contributed by atoms with E-state index < -0.39 is 0 Å². The molecule has 0 fully saturated rings. The van der Waals surface area contributed by atoms with Crippen LogP contribution in [0.2, 0.25) is 0 Å². The minimum Gasteiger partial charge on any atom is -0.368 e. The lowest BCUT2D eigenvalue weighted by Gasteiger charge is -2.03. The molecule has 0 aliphatic heterocycles. The summed E-state index contributed by atoms with van der Waals surface area (Å²) in [5, 5.41) is 3.09. The van der Waals surface area contributed by atoms with Crippen LogP contribution in [0.3, 0.4) is 0 Å². The second kappa shape index (κ2) is 4.02. The molecule has 14 heavy (non-hydrogen) atoms. The van der Waals surface area contributed by atoms with E-state index in [2.05, 4.69) is 15.3 Å². The van der Waals surface area contributed by atoms with Crippen LogP contribution in [0.1, 0.15) is 0 Å². The topological polar surface area (TPSA) is 63.8 Å². The van der Waals surface area contributed by atoms with Crippen LogP contribution in [0.4, 0.5) is 5.82 Å². The van der Waals surface area contributed by atoms with Gasteiger partial charge in [0.15, 0.2) is 0 Å². The first-order valence-electron chi connectivity index (χ1n) is 4.56. The van der Waals surface area contributed by atoms with Crippen molar-refractivity contribution in [3.05, 3.63) is 30.5 Å². The molecule has 2 aromatic rings. The Morgan fingerprint density at radius 1 is 1.21 bits per heavy atom. The number of para-hydroxylation sites is 2. The Hall–Kier alpha value is -1.68. The van der Waals surface area contributed by atoms with E-state index in [1.165, 1.54) is 0 Å². The molecule has 0 saturated carbocycles. The largest absolute Gasteiger partial charge is 0.368 e. The molecule has 0 bridgehead atoms. The number of fused-ring (bicyclic) bond motifs is 1. The number of aromatic nitrogens is 2. The molecule has 0 radical (unpaired) electrons. The summed E-state index contributed by atoms with van der Waals surface area (Å²) in [5.41, 5.74) is 7.18. The van der Waals surface area contributed by atoms with E-state index in [1.807, 2.05) is 24.3 Å². The first kappa shape index (κ1) is 8.90. The van der Waals surface area contributed by atoms with Crippen LogP contribution in [0.25, 0.3) is 11.0 Å². The van der Waals surface area contributed by atoms with Gasteiger partial charge in [0.05, 0.1) is 17.2 Å². The van der Waals surface area contributed by atoms with Crippen LogP contribution in [0.15, 0.2) is 30.5 Å². The van der Waals surface area contributed by atoms with Crippen molar-refractivity contribution in [2.24, 2.45) is 5.73 Å². The average molecular weight is 188 g/mol. The fraction of sp³-hybridized carbons (Fsp3) is 0.200. The third-order valence-electron chi connectivity index (χ3n) is 1.90. The third-order valence-corrected chi connectivity index (χ3v) is 1.90. The second-order valence-electron chi connectivity index (χ2n) is 2.96. The zero-order valence-corrected chi connectivity index (χ0v) is 7.77. The van der Waals surface area contributed by atoms with Gasteiger partial charge in [0.1, 0.15) is 5.82 Å². The first-order chi connectivity index (χ1) is 6.90. The Kier molecular flexibility index (Phi) is 2.55. The van der Waals surface area contributed by atoms with E-state index in [4.69, 9.17) is 5.73 Å². The molecule has 4 nitrogen and oxygen atoms in total. The van der Waals surface area contributed by atoms with E-state index in [9.17, 15) is 0 Å². The molecular formula is C10H12N4. The van der Waals surface area contributed by atoms with Crippen molar-refractivity contribution in [3.8, 4) is 0 Å². The summed E-state index contributed by atoms with van der Waals surface area (Å²) >= 11 is 0. The summed E-state index contributed by atoms with van der Waals surface area (Å²) in [6.45, 7) is 1.31. The van der Waals surface area contributed by atoms with E-state index in [0.717, 1.165) is 16.9 Å². The monoisotopic (exact) mass is 188 g/mol. The molecule has 4 heteroatoms. The van der Waals surface area contributed by atoms with Gasteiger partial charge in [-0.25, -0.2) is 4.98 Å². The normalized spacial score (nSPS) is 10.4. The molecule has 3 N–H and O–H groups in total. The Morgan fingerprint density at radius 2 is 2.00 bits per heavy atom. The quantitative estimate of drug-likeness (QED) is 0.754. The summed E-state index contributed by atoms with van der Waals surface area (Å²) in [6.07, 6.45) is 1.72. The number of anilines is 1. The lowest BCUT2D eigenvalue weighted by atomic mass is 10.3. The third kappa shape index (κ3) is 1.80. The van der Waals surface area contributed by atoms with Crippen molar-refractivity contribution >= 4 is 16.9 Å². The first-order valence-corrected chi connectivity index (χ1v) is 4.56. The molecule has 0 unspecified atom stereocenters. The SMILES string of the molecule is NCCNc1cnc2ccccc2n1. The molecule has 0 saturated heterocycles. The molecule has 0 atom stereocenters. The van der Waals surface area contributed by atoms with Crippen LogP contribution < -0.4 is 11.1 Å². The maximum atomic E-state index is 5.38. The highest BCUT2D eigenvalue weighted by Gasteiger charge is 1.96. The maximum Gasteiger partial charge on any atom is 0.145 e. The van der Waals surface area contributed by atoms with Crippen LogP contribution >= 0.6 is 0 Å². The van der Waals surface area contributed by atoms with Gasteiger partial charge >= 0.3 is 0 Å². The Labute approximate surface area is 82.2 Å². The number of benzene rings is 1. The van der Waals surface area contributed by atoms with Crippen molar-refractivity contribution in [3.63, 3.8) is 0 Å². The van der Waals surface area contributed by atoms with Gasteiger partial charge in [-0.2, -0.15) is 0 Å². The van der Waals surface area contributed by atoms with Crippen molar-refractivity contribution in [2.45, 2.75) is 0 Å². The van der Waals surface area contributed by atoms with Gasteiger partial charge in [-0.05, 0) is 12.1 Å². The number of rotatable bonds is 3. The summed E-state index contributed by atoms with van der Waals surface area (Å²) < 4.78 is 0. The van der Waals surface area contributed by atoms with E-state index in [1.54, 1.807) is 6.20 Å². The highest BCUT2D eigenvalue weighted by atomic mass is 15.0. The Morgan fingerprint density at radius 3 is 2.79 bits per heavy atom. The Balaban J connectivity index is 2.32. The van der Waals surface area contributed by atoms with Gasteiger partial charge in [-0.15, -0.1) is 0 Å². The summed E-state index contributed by atoms with van der Waals surface area (Å²) in [6, 6.07) is 7.78. The fourth-order valence-electron chi connectivity index (χ4n) is 1.24. The molecule has 2 rings (SSSR count). The van der Waals surface area contributed by atoms with Gasteiger partial charge in [0.2, 0.25) is 0 Å². The molecule has 0 spiro atoms. The minimum atomic E-state index is 0.592. The van der Waals surface area contributed by atoms with E-state index in [-0.39, 0.29) is 0 Å². The van der Waals surface area contributed by atoms with Gasteiger partial charge in [0.25, 0.3) is 0 Å². The summed E-state index contributed by atoms with van der Waals surface area (Å²) in [4.78, 5) is 8.65. The maximum absolute atomic E-state index is 5.38. The molecule has 72 valence electrons. The molecule has 0 amide bonds. The van der Waals surface area contributed by atoms with Gasteiger partial charge in [0, 0.05) is 13.1 Å². The molecule has 0 aliphatic rings. The standard InChI is InChI=1S/C10H12N4/c11-5-6-12-10-7-13-8-3-1-2-4-9(8)14-10/h1-4,7H,5-6,11H2,(H,12,14). The molecular weight excluding hydrogens is 176 g/mol. The highest BCUT2D eigenvalue weighted by Crippen LogP contribution is 2.10. The van der Waals surface area contributed by atoms with Crippen LogP contribution in [-0.4, -0.2) is 23.1 Å². The zero-order chi connectivity index (χ0) is 9.80. The predicted molar refractivity (Wildman–Crippen MR) is 57.1 cm³/mol. The van der Waals surface area contributed by atoms with Gasteiger partial charge in [-0.1, -0.05) is 12.1 Å². The zero-order valence-electron chi connectivity index (χ0n) is 7.77.